The fourth-order valence-electron chi connectivity index (χ4n) is 3.62. The van der Waals surface area contributed by atoms with Gasteiger partial charge in [0.1, 0.15) is 0 Å². The van der Waals surface area contributed by atoms with Gasteiger partial charge >= 0.3 is 0 Å². The monoisotopic (exact) mass is 457 g/mol. The fourth-order valence-corrected chi connectivity index (χ4v) is 4.65. The first-order valence-electron chi connectivity index (χ1n) is 11.1. The first-order chi connectivity index (χ1) is 16.0. The maximum atomic E-state index is 13.4. The molecule has 0 aliphatic carbocycles. The van der Waals surface area contributed by atoms with Crippen molar-refractivity contribution in [2.75, 3.05) is 5.32 Å². The van der Waals surface area contributed by atoms with Gasteiger partial charge in [0.25, 0.3) is 5.56 Å². The third kappa shape index (κ3) is 5.01. The second-order valence-electron chi connectivity index (χ2n) is 8.17. The van der Waals surface area contributed by atoms with Crippen molar-refractivity contribution in [3.8, 4) is 5.69 Å². The Morgan fingerprint density at radius 2 is 1.64 bits per heavy atom. The molecule has 0 bridgehead atoms. The number of hydrogen-bond acceptors (Lipinski definition) is 4. The minimum absolute atomic E-state index is 0.109. The molecule has 0 aliphatic heterocycles. The van der Waals surface area contributed by atoms with Gasteiger partial charge in [0.2, 0.25) is 5.91 Å². The summed E-state index contributed by atoms with van der Waals surface area (Å²) in [5.74, 6) is 0.323. The molecule has 1 heterocycles. The summed E-state index contributed by atoms with van der Waals surface area (Å²) in [5.41, 5.74) is 3.19. The summed E-state index contributed by atoms with van der Waals surface area (Å²) in [6.45, 7) is 6.24. The lowest BCUT2D eigenvalue weighted by Crippen LogP contribution is -2.27. The van der Waals surface area contributed by atoms with Gasteiger partial charge < -0.3 is 5.32 Å². The van der Waals surface area contributed by atoms with Crippen LogP contribution in [0.1, 0.15) is 38.7 Å². The molecule has 33 heavy (non-hydrogen) atoms. The quantitative estimate of drug-likeness (QED) is 0.272. The van der Waals surface area contributed by atoms with Crippen molar-refractivity contribution in [3.63, 3.8) is 0 Å². The van der Waals surface area contributed by atoms with E-state index in [-0.39, 0.29) is 11.5 Å². The van der Waals surface area contributed by atoms with Gasteiger partial charge in [0.15, 0.2) is 5.16 Å². The first kappa shape index (κ1) is 22.8. The fraction of sp³-hybridized carbons (Fsp3) is 0.222. The van der Waals surface area contributed by atoms with Crippen LogP contribution in [0.15, 0.2) is 88.8 Å². The number of nitrogens with zero attached hydrogens (tertiary/aromatic N) is 2. The number of aromatic nitrogens is 2. The highest BCUT2D eigenvalue weighted by molar-refractivity contribution is 8.00. The molecule has 0 aliphatic rings. The molecule has 168 valence electrons. The Morgan fingerprint density at radius 3 is 2.30 bits per heavy atom. The molecule has 1 aromatic heterocycles. The first-order valence-corrected chi connectivity index (χ1v) is 12.0. The number of hydrogen-bond donors (Lipinski definition) is 1. The Hall–Kier alpha value is -3.38. The van der Waals surface area contributed by atoms with Crippen LogP contribution in [0.2, 0.25) is 0 Å². The van der Waals surface area contributed by atoms with Gasteiger partial charge in [-0.25, -0.2) is 4.98 Å². The summed E-state index contributed by atoms with van der Waals surface area (Å²) < 4.78 is 1.60. The number of benzene rings is 3. The third-order valence-corrected chi connectivity index (χ3v) is 6.83. The van der Waals surface area contributed by atoms with E-state index in [1.54, 1.807) is 10.6 Å². The molecule has 4 aromatic rings. The van der Waals surface area contributed by atoms with Gasteiger partial charge in [-0.2, -0.15) is 0 Å². The Bertz CT molecular complexity index is 1320. The molecule has 0 radical (unpaired) electrons. The molecule has 1 unspecified atom stereocenters. The number of rotatable bonds is 7. The van der Waals surface area contributed by atoms with Gasteiger partial charge in [0, 0.05) is 5.69 Å². The second kappa shape index (κ2) is 10.0. The van der Waals surface area contributed by atoms with Crippen LogP contribution in [0.5, 0.6) is 0 Å². The zero-order valence-corrected chi connectivity index (χ0v) is 19.8. The van der Waals surface area contributed by atoms with E-state index in [9.17, 15) is 9.59 Å². The Kier molecular flexibility index (Phi) is 6.94. The highest BCUT2D eigenvalue weighted by atomic mass is 32.2. The number of para-hydroxylation sites is 2. The molecule has 3 aromatic carbocycles. The number of thioether (sulfide) groups is 1. The molecule has 4 rings (SSSR count). The van der Waals surface area contributed by atoms with Gasteiger partial charge in [-0.3, -0.25) is 14.2 Å². The Morgan fingerprint density at radius 1 is 0.970 bits per heavy atom. The maximum Gasteiger partial charge on any atom is 0.266 e. The van der Waals surface area contributed by atoms with Crippen LogP contribution in [-0.2, 0) is 4.79 Å². The van der Waals surface area contributed by atoms with E-state index in [4.69, 9.17) is 4.98 Å². The summed E-state index contributed by atoms with van der Waals surface area (Å²) in [5, 5.41) is 3.66. The molecule has 0 saturated carbocycles. The molecule has 0 saturated heterocycles. The molecule has 5 nitrogen and oxygen atoms in total. The zero-order chi connectivity index (χ0) is 23.4. The lowest BCUT2D eigenvalue weighted by Gasteiger charge is -2.18. The molecular weight excluding hydrogens is 430 g/mol. The van der Waals surface area contributed by atoms with E-state index in [0.717, 1.165) is 11.4 Å². The van der Waals surface area contributed by atoms with Crippen LogP contribution in [0.25, 0.3) is 16.6 Å². The third-order valence-electron chi connectivity index (χ3n) is 5.52. The summed E-state index contributed by atoms with van der Waals surface area (Å²) in [6, 6.07) is 24.7. The average Bonchev–Trinajstić information content (AvgIpc) is 2.83. The normalized spacial score (nSPS) is 12.1. The van der Waals surface area contributed by atoms with E-state index >= 15 is 0 Å². The van der Waals surface area contributed by atoms with Crippen molar-refractivity contribution in [1.29, 1.82) is 0 Å². The van der Waals surface area contributed by atoms with Crippen LogP contribution >= 0.6 is 11.8 Å². The summed E-state index contributed by atoms with van der Waals surface area (Å²) >= 11 is 1.31. The van der Waals surface area contributed by atoms with Crippen molar-refractivity contribution < 1.29 is 4.79 Å². The average molecular weight is 458 g/mol. The predicted molar refractivity (Wildman–Crippen MR) is 136 cm³/mol. The number of nitrogens with one attached hydrogen (secondary N) is 1. The smallest absolute Gasteiger partial charge is 0.266 e. The van der Waals surface area contributed by atoms with Crippen molar-refractivity contribution in [2.24, 2.45) is 0 Å². The Balaban J connectivity index is 1.67. The van der Waals surface area contributed by atoms with Gasteiger partial charge in [-0.15, -0.1) is 0 Å². The van der Waals surface area contributed by atoms with Crippen molar-refractivity contribution in [2.45, 2.75) is 43.5 Å². The summed E-state index contributed by atoms with van der Waals surface area (Å²) in [6.07, 6.45) is 0.595. The standard InChI is InChI=1S/C27H27N3O2S/c1-4-24(25(31)28-20-16-14-19(15-17-20)18(2)3)33-27-29-23-13-9-8-12-22(23)26(32)30(27)21-10-6-5-7-11-21/h5-18,24H,4H2,1-3H3,(H,28,31). The van der Waals surface area contributed by atoms with E-state index < -0.39 is 5.25 Å². The van der Waals surface area contributed by atoms with Crippen LogP contribution in [0.3, 0.4) is 0 Å². The SMILES string of the molecule is CCC(Sc1nc2ccccc2c(=O)n1-c1ccccc1)C(=O)Nc1ccc(C(C)C)cc1. The molecule has 1 N–H and O–H groups in total. The molecule has 0 spiro atoms. The van der Waals surface area contributed by atoms with Crippen LogP contribution in [-0.4, -0.2) is 20.7 Å². The molecule has 1 atom stereocenters. The van der Waals surface area contributed by atoms with E-state index in [2.05, 4.69) is 19.2 Å². The van der Waals surface area contributed by atoms with Gasteiger partial charge in [-0.1, -0.05) is 75.0 Å². The van der Waals surface area contributed by atoms with E-state index in [1.807, 2.05) is 79.7 Å². The van der Waals surface area contributed by atoms with Gasteiger partial charge in [0.05, 0.1) is 21.8 Å². The highest BCUT2D eigenvalue weighted by Crippen LogP contribution is 2.28. The lowest BCUT2D eigenvalue weighted by molar-refractivity contribution is -0.115. The summed E-state index contributed by atoms with van der Waals surface area (Å²) in [7, 11) is 0. The minimum Gasteiger partial charge on any atom is -0.325 e. The van der Waals surface area contributed by atoms with E-state index in [1.165, 1.54) is 17.3 Å². The molecular formula is C27H27N3O2S. The van der Waals surface area contributed by atoms with Crippen LogP contribution in [0.4, 0.5) is 5.69 Å². The van der Waals surface area contributed by atoms with E-state index in [0.29, 0.717) is 28.4 Å². The van der Waals surface area contributed by atoms with Crippen LogP contribution in [0, 0.1) is 0 Å². The van der Waals surface area contributed by atoms with Crippen molar-refractivity contribution in [3.05, 3.63) is 94.8 Å². The highest BCUT2D eigenvalue weighted by Gasteiger charge is 2.23. The number of carbonyl (C=O) groups excluding carboxylic acids is 1. The molecule has 1 amide bonds. The predicted octanol–water partition coefficient (Wildman–Crippen LogP) is 6.02. The van der Waals surface area contributed by atoms with Crippen molar-refractivity contribution >= 4 is 34.3 Å². The number of amides is 1. The number of fused-ring (bicyclic) bond motifs is 1. The van der Waals surface area contributed by atoms with Crippen LogP contribution < -0.4 is 10.9 Å². The molecule has 0 fully saturated rings. The summed E-state index contributed by atoms with van der Waals surface area (Å²) in [4.78, 5) is 31.3. The zero-order valence-electron chi connectivity index (χ0n) is 19.0. The second-order valence-corrected chi connectivity index (χ2v) is 9.34. The largest absolute Gasteiger partial charge is 0.325 e. The topological polar surface area (TPSA) is 64.0 Å². The Labute approximate surface area is 197 Å². The van der Waals surface area contributed by atoms with Gasteiger partial charge in [-0.05, 0) is 54.3 Å². The minimum atomic E-state index is -0.405. The number of anilines is 1. The lowest BCUT2D eigenvalue weighted by atomic mass is 10.0. The van der Waals surface area contributed by atoms with Crippen molar-refractivity contribution in [1.82, 2.24) is 9.55 Å². The maximum absolute atomic E-state index is 13.4. The molecule has 6 heteroatoms. The number of carbonyl (C=O) groups is 1.